The topological polar surface area (TPSA) is 58.4 Å². The van der Waals surface area contributed by atoms with Gasteiger partial charge in [0.25, 0.3) is 0 Å². The summed E-state index contributed by atoms with van der Waals surface area (Å²) in [6.45, 7) is 5.37. The molecule has 0 saturated heterocycles. The number of carbonyl (C=O) groups is 1. The molecule has 0 aliphatic heterocycles. The molecule has 6 heteroatoms. The summed E-state index contributed by atoms with van der Waals surface area (Å²) in [5.74, 6) is 0.505. The Hall–Kier alpha value is -1.01. The first kappa shape index (κ1) is 14.1. The molecule has 0 unspecified atom stereocenters. The summed E-state index contributed by atoms with van der Waals surface area (Å²) in [5.41, 5.74) is 0.753. The molecular formula is C11H19N3O2S. The Kier molecular flexibility index (Phi) is 5.50. The van der Waals surface area contributed by atoms with Crippen LogP contribution in [-0.2, 0) is 18.4 Å². The van der Waals surface area contributed by atoms with E-state index in [0.29, 0.717) is 5.75 Å². The van der Waals surface area contributed by atoms with Crippen molar-refractivity contribution in [2.24, 2.45) is 7.05 Å². The summed E-state index contributed by atoms with van der Waals surface area (Å²) >= 11 is 1.40. The van der Waals surface area contributed by atoms with Crippen LogP contribution in [0.3, 0.4) is 0 Å². The van der Waals surface area contributed by atoms with E-state index in [-0.39, 0.29) is 12.5 Å². The molecule has 0 saturated carbocycles. The van der Waals surface area contributed by atoms with Crippen molar-refractivity contribution in [2.45, 2.75) is 25.6 Å². The molecule has 5 nitrogen and oxygen atoms in total. The zero-order valence-electron chi connectivity index (χ0n) is 10.5. The van der Waals surface area contributed by atoms with Gasteiger partial charge in [0.2, 0.25) is 5.91 Å². The molecule has 0 atom stereocenters. The van der Waals surface area contributed by atoms with Gasteiger partial charge in [0.05, 0.1) is 24.3 Å². The number of hydrogen-bond donors (Lipinski definition) is 1. The van der Waals surface area contributed by atoms with Crippen molar-refractivity contribution in [3.05, 3.63) is 11.9 Å². The van der Waals surface area contributed by atoms with Gasteiger partial charge >= 0.3 is 0 Å². The first-order valence-corrected chi connectivity index (χ1v) is 6.64. The van der Waals surface area contributed by atoms with Gasteiger partial charge in [-0.15, -0.1) is 0 Å². The molecule has 1 heterocycles. The molecule has 96 valence electrons. The van der Waals surface area contributed by atoms with Crippen molar-refractivity contribution < 1.29 is 9.90 Å². The number of amides is 1. The monoisotopic (exact) mass is 257 g/mol. The Morgan fingerprint density at radius 3 is 2.65 bits per heavy atom. The molecule has 0 aromatic carbocycles. The van der Waals surface area contributed by atoms with Crippen molar-refractivity contribution in [3.8, 4) is 0 Å². The van der Waals surface area contributed by atoms with Crippen molar-refractivity contribution in [1.82, 2.24) is 14.5 Å². The Bertz CT molecular complexity index is 375. The van der Waals surface area contributed by atoms with Crippen LogP contribution < -0.4 is 0 Å². The third-order valence-electron chi connectivity index (χ3n) is 2.64. The van der Waals surface area contributed by atoms with Gasteiger partial charge in [-0.2, -0.15) is 0 Å². The number of carbonyl (C=O) groups excluding carboxylic acids is 1. The van der Waals surface area contributed by atoms with Crippen LogP contribution in [0.2, 0.25) is 0 Å². The maximum absolute atomic E-state index is 11.8. The summed E-state index contributed by atoms with van der Waals surface area (Å²) < 4.78 is 1.81. The van der Waals surface area contributed by atoms with Crippen LogP contribution in [0.15, 0.2) is 11.4 Å². The number of hydrogen-bond acceptors (Lipinski definition) is 4. The van der Waals surface area contributed by atoms with Crippen LogP contribution in [0.1, 0.15) is 19.5 Å². The molecule has 0 fully saturated rings. The van der Waals surface area contributed by atoms with E-state index in [4.69, 9.17) is 5.11 Å². The Labute approximate surface area is 106 Å². The summed E-state index contributed by atoms with van der Waals surface area (Å²) in [5, 5.41) is 9.79. The second-order valence-corrected chi connectivity index (χ2v) is 4.55. The zero-order valence-corrected chi connectivity index (χ0v) is 11.3. The fourth-order valence-corrected chi connectivity index (χ4v) is 2.37. The first-order valence-electron chi connectivity index (χ1n) is 5.66. The fraction of sp³-hybridized carbons (Fsp3) is 0.636. The summed E-state index contributed by atoms with van der Waals surface area (Å²) in [7, 11) is 1.84. The normalized spacial score (nSPS) is 10.6. The lowest BCUT2D eigenvalue weighted by molar-refractivity contribution is -0.127. The summed E-state index contributed by atoms with van der Waals surface area (Å²) in [4.78, 5) is 17.7. The molecular weight excluding hydrogens is 238 g/mol. The van der Waals surface area contributed by atoms with Crippen molar-refractivity contribution in [2.75, 3.05) is 18.8 Å². The van der Waals surface area contributed by atoms with Gasteiger partial charge < -0.3 is 14.6 Å². The highest BCUT2D eigenvalue weighted by Crippen LogP contribution is 2.17. The number of imidazole rings is 1. The van der Waals surface area contributed by atoms with Crippen LogP contribution in [0.4, 0.5) is 0 Å². The smallest absolute Gasteiger partial charge is 0.233 e. The summed E-state index contributed by atoms with van der Waals surface area (Å²) in [6, 6.07) is 0. The van der Waals surface area contributed by atoms with E-state index in [0.717, 1.165) is 23.9 Å². The molecule has 1 aromatic rings. The van der Waals surface area contributed by atoms with Crippen LogP contribution in [0.25, 0.3) is 0 Å². The van der Waals surface area contributed by atoms with Gasteiger partial charge in [0, 0.05) is 20.1 Å². The number of rotatable bonds is 6. The Morgan fingerprint density at radius 2 is 2.18 bits per heavy atom. The molecule has 1 amide bonds. The van der Waals surface area contributed by atoms with E-state index in [9.17, 15) is 4.79 Å². The lowest BCUT2D eigenvalue weighted by Crippen LogP contribution is -2.31. The van der Waals surface area contributed by atoms with Gasteiger partial charge in [0.15, 0.2) is 5.16 Å². The van der Waals surface area contributed by atoms with E-state index in [1.165, 1.54) is 11.8 Å². The molecule has 0 aliphatic carbocycles. The molecule has 1 rings (SSSR count). The fourth-order valence-electron chi connectivity index (χ4n) is 1.50. The third kappa shape index (κ3) is 3.47. The predicted octanol–water partition coefficient (Wildman–Crippen LogP) is 0.873. The second kappa shape index (κ2) is 6.66. The van der Waals surface area contributed by atoms with Gasteiger partial charge in [-0.05, 0) is 13.8 Å². The van der Waals surface area contributed by atoms with Crippen LogP contribution >= 0.6 is 11.8 Å². The largest absolute Gasteiger partial charge is 0.390 e. The lowest BCUT2D eigenvalue weighted by Gasteiger charge is -2.17. The number of aromatic nitrogens is 2. The molecule has 0 aliphatic rings. The van der Waals surface area contributed by atoms with Gasteiger partial charge in [-0.1, -0.05) is 11.8 Å². The van der Waals surface area contributed by atoms with E-state index in [1.807, 2.05) is 20.9 Å². The van der Waals surface area contributed by atoms with Gasteiger partial charge in [0.1, 0.15) is 0 Å². The highest BCUT2D eigenvalue weighted by Gasteiger charge is 2.12. The molecule has 0 spiro atoms. The number of aliphatic hydroxyl groups excluding tert-OH is 1. The quantitative estimate of drug-likeness (QED) is 0.768. The van der Waals surface area contributed by atoms with Crippen molar-refractivity contribution in [1.29, 1.82) is 0 Å². The van der Waals surface area contributed by atoms with Gasteiger partial charge in [-0.3, -0.25) is 4.79 Å². The van der Waals surface area contributed by atoms with E-state index >= 15 is 0 Å². The highest BCUT2D eigenvalue weighted by atomic mass is 32.2. The lowest BCUT2D eigenvalue weighted by atomic mass is 10.5. The molecule has 0 bridgehead atoms. The van der Waals surface area contributed by atoms with Crippen molar-refractivity contribution >= 4 is 17.7 Å². The van der Waals surface area contributed by atoms with E-state index < -0.39 is 0 Å². The van der Waals surface area contributed by atoms with Gasteiger partial charge in [-0.25, -0.2) is 4.98 Å². The number of nitrogens with zero attached hydrogens (tertiary/aromatic N) is 3. The van der Waals surface area contributed by atoms with Crippen LogP contribution in [-0.4, -0.2) is 44.3 Å². The molecule has 1 aromatic heterocycles. The van der Waals surface area contributed by atoms with Crippen LogP contribution in [0.5, 0.6) is 0 Å². The highest BCUT2D eigenvalue weighted by molar-refractivity contribution is 7.99. The second-order valence-electron chi connectivity index (χ2n) is 3.60. The zero-order chi connectivity index (χ0) is 12.8. The molecule has 17 heavy (non-hydrogen) atoms. The molecule has 1 N–H and O–H groups in total. The SMILES string of the molecule is CCN(CC)C(=O)CSc1ncc(CO)n1C. The Balaban J connectivity index is 2.55. The van der Waals surface area contributed by atoms with Crippen molar-refractivity contribution in [3.63, 3.8) is 0 Å². The maximum Gasteiger partial charge on any atom is 0.233 e. The Morgan fingerprint density at radius 1 is 1.53 bits per heavy atom. The van der Waals surface area contributed by atoms with Crippen LogP contribution in [0, 0.1) is 0 Å². The minimum atomic E-state index is -0.0337. The standard InChI is InChI=1S/C11H19N3O2S/c1-4-14(5-2)10(16)8-17-11-12-6-9(7-15)13(11)3/h6,15H,4-5,7-8H2,1-3H3. The third-order valence-corrected chi connectivity index (χ3v) is 3.67. The minimum absolute atomic E-state index is 0.0337. The average Bonchev–Trinajstić information content (AvgIpc) is 2.69. The first-order chi connectivity index (χ1) is 8.13. The summed E-state index contributed by atoms with van der Waals surface area (Å²) in [6.07, 6.45) is 1.63. The average molecular weight is 257 g/mol. The minimum Gasteiger partial charge on any atom is -0.390 e. The molecule has 0 radical (unpaired) electrons. The predicted molar refractivity (Wildman–Crippen MR) is 67.8 cm³/mol. The number of aliphatic hydroxyl groups is 1. The maximum atomic E-state index is 11.8. The van der Waals surface area contributed by atoms with E-state index in [2.05, 4.69) is 4.98 Å². The number of thioether (sulfide) groups is 1. The van der Waals surface area contributed by atoms with E-state index in [1.54, 1.807) is 15.7 Å².